The lowest BCUT2D eigenvalue weighted by Gasteiger charge is -2.34. The van der Waals surface area contributed by atoms with Crippen LogP contribution in [-0.2, 0) is 6.42 Å². The van der Waals surface area contributed by atoms with E-state index in [1.54, 1.807) is 0 Å². The zero-order chi connectivity index (χ0) is 13.8. The van der Waals surface area contributed by atoms with Crippen LogP contribution in [0.5, 0.6) is 0 Å². The molecule has 0 aliphatic carbocycles. The molecule has 0 radical (unpaired) electrons. The van der Waals surface area contributed by atoms with Gasteiger partial charge in [-0.05, 0) is 17.5 Å². The third-order valence-corrected chi connectivity index (χ3v) is 4.57. The zero-order valence-electron chi connectivity index (χ0n) is 11.8. The van der Waals surface area contributed by atoms with Crippen LogP contribution in [0.15, 0.2) is 60.7 Å². The molecule has 2 aromatic carbocycles. The van der Waals surface area contributed by atoms with Gasteiger partial charge in [-0.25, -0.2) is 0 Å². The van der Waals surface area contributed by atoms with Gasteiger partial charge in [-0.2, -0.15) is 0 Å². The monoisotopic (exact) mass is 266 g/mol. The number of rotatable bonds is 4. The second-order valence-corrected chi connectivity index (χ2v) is 5.82. The Balaban J connectivity index is 1.90. The molecule has 0 aromatic heterocycles. The second-order valence-electron chi connectivity index (χ2n) is 5.82. The fourth-order valence-electron chi connectivity index (χ4n) is 3.44. The first-order valence-electron chi connectivity index (χ1n) is 7.34. The molecule has 3 N–H and O–H groups in total. The Morgan fingerprint density at radius 1 is 1.00 bits per heavy atom. The molecular formula is C18H22N2. The molecule has 2 nitrogen and oxygen atoms in total. The van der Waals surface area contributed by atoms with Crippen LogP contribution in [-0.4, -0.2) is 19.6 Å². The van der Waals surface area contributed by atoms with Gasteiger partial charge < -0.3 is 11.1 Å². The predicted molar refractivity (Wildman–Crippen MR) is 83.7 cm³/mol. The van der Waals surface area contributed by atoms with E-state index in [2.05, 4.69) is 66.0 Å². The first-order valence-corrected chi connectivity index (χ1v) is 7.34. The van der Waals surface area contributed by atoms with E-state index in [1.807, 2.05) is 0 Å². The fraction of sp³-hybridized carbons (Fsp3) is 0.333. The Hall–Kier alpha value is -1.64. The maximum Gasteiger partial charge on any atom is 0.00713 e. The molecule has 1 saturated heterocycles. The summed E-state index contributed by atoms with van der Waals surface area (Å²) >= 11 is 0. The normalized spacial score (nSPS) is 25.8. The van der Waals surface area contributed by atoms with E-state index in [1.165, 1.54) is 11.1 Å². The van der Waals surface area contributed by atoms with E-state index < -0.39 is 0 Å². The van der Waals surface area contributed by atoms with Gasteiger partial charge in [-0.3, -0.25) is 0 Å². The van der Waals surface area contributed by atoms with Crippen molar-refractivity contribution in [2.45, 2.75) is 12.3 Å². The van der Waals surface area contributed by atoms with Crippen molar-refractivity contribution in [3.05, 3.63) is 71.8 Å². The highest BCUT2D eigenvalue weighted by Crippen LogP contribution is 2.41. The van der Waals surface area contributed by atoms with Crippen molar-refractivity contribution in [1.82, 2.24) is 5.32 Å². The summed E-state index contributed by atoms with van der Waals surface area (Å²) in [4.78, 5) is 0. The van der Waals surface area contributed by atoms with Gasteiger partial charge >= 0.3 is 0 Å². The minimum atomic E-state index is 0.128. The number of hydrogen-bond acceptors (Lipinski definition) is 2. The van der Waals surface area contributed by atoms with Crippen LogP contribution in [0.2, 0.25) is 0 Å². The SMILES string of the molecule is NC[C@@]1(Cc2ccccc2)CNC[C@@H]1c1ccccc1. The lowest BCUT2D eigenvalue weighted by molar-refractivity contribution is 0.293. The molecule has 1 aliphatic heterocycles. The van der Waals surface area contributed by atoms with E-state index in [9.17, 15) is 0 Å². The molecular weight excluding hydrogens is 244 g/mol. The van der Waals surface area contributed by atoms with Crippen molar-refractivity contribution in [2.24, 2.45) is 11.1 Å². The van der Waals surface area contributed by atoms with Gasteiger partial charge in [0.2, 0.25) is 0 Å². The maximum absolute atomic E-state index is 6.20. The van der Waals surface area contributed by atoms with Gasteiger partial charge in [0.05, 0.1) is 0 Å². The van der Waals surface area contributed by atoms with E-state index in [0.29, 0.717) is 12.5 Å². The Morgan fingerprint density at radius 3 is 2.30 bits per heavy atom. The minimum absolute atomic E-state index is 0.128. The lowest BCUT2D eigenvalue weighted by Crippen LogP contribution is -2.39. The average Bonchev–Trinajstić information content (AvgIpc) is 2.93. The van der Waals surface area contributed by atoms with Crippen molar-refractivity contribution in [3.63, 3.8) is 0 Å². The first kappa shape index (κ1) is 13.3. The summed E-state index contributed by atoms with van der Waals surface area (Å²) in [6.45, 7) is 2.74. The summed E-state index contributed by atoms with van der Waals surface area (Å²) in [7, 11) is 0. The lowest BCUT2D eigenvalue weighted by atomic mass is 9.71. The molecule has 0 amide bonds. The zero-order valence-corrected chi connectivity index (χ0v) is 11.8. The van der Waals surface area contributed by atoms with Crippen LogP contribution in [0.3, 0.4) is 0 Å². The molecule has 2 heteroatoms. The summed E-state index contributed by atoms with van der Waals surface area (Å²) < 4.78 is 0. The molecule has 0 saturated carbocycles. The van der Waals surface area contributed by atoms with Gasteiger partial charge in [0, 0.05) is 31.0 Å². The molecule has 0 bridgehead atoms. The molecule has 20 heavy (non-hydrogen) atoms. The number of nitrogens with one attached hydrogen (secondary N) is 1. The van der Waals surface area contributed by atoms with Crippen LogP contribution < -0.4 is 11.1 Å². The number of nitrogens with two attached hydrogens (primary N) is 1. The molecule has 0 spiro atoms. The molecule has 104 valence electrons. The number of hydrogen-bond donors (Lipinski definition) is 2. The third-order valence-electron chi connectivity index (χ3n) is 4.57. The molecule has 1 heterocycles. The Bertz CT molecular complexity index is 538. The predicted octanol–water partition coefficient (Wildman–Crippen LogP) is 2.56. The van der Waals surface area contributed by atoms with E-state index >= 15 is 0 Å². The van der Waals surface area contributed by atoms with Crippen molar-refractivity contribution in [1.29, 1.82) is 0 Å². The molecule has 1 aliphatic rings. The topological polar surface area (TPSA) is 38.0 Å². The standard InChI is InChI=1S/C18H22N2/c19-13-18(11-15-7-3-1-4-8-15)14-20-12-17(18)16-9-5-2-6-10-16/h1-10,17,20H,11-14,19H2/t17-,18+/m1/s1. The summed E-state index contributed by atoms with van der Waals surface area (Å²) in [5, 5.41) is 3.55. The van der Waals surface area contributed by atoms with Gasteiger partial charge in [0.25, 0.3) is 0 Å². The Labute approximate surface area is 121 Å². The summed E-state index contributed by atoms with van der Waals surface area (Å²) in [5.41, 5.74) is 9.11. The van der Waals surface area contributed by atoms with Crippen molar-refractivity contribution in [3.8, 4) is 0 Å². The summed E-state index contributed by atoms with van der Waals surface area (Å²) in [6.07, 6.45) is 1.04. The van der Waals surface area contributed by atoms with Crippen LogP contribution in [0, 0.1) is 5.41 Å². The molecule has 0 unspecified atom stereocenters. The van der Waals surface area contributed by atoms with Gasteiger partial charge in [-0.1, -0.05) is 60.7 Å². The van der Waals surface area contributed by atoms with E-state index in [0.717, 1.165) is 19.5 Å². The van der Waals surface area contributed by atoms with Crippen LogP contribution >= 0.6 is 0 Å². The summed E-state index contributed by atoms with van der Waals surface area (Å²) in [6, 6.07) is 21.5. The highest BCUT2D eigenvalue weighted by atomic mass is 15.0. The highest BCUT2D eigenvalue weighted by Gasteiger charge is 2.42. The molecule has 2 aromatic rings. The van der Waals surface area contributed by atoms with Crippen molar-refractivity contribution < 1.29 is 0 Å². The van der Waals surface area contributed by atoms with Gasteiger partial charge in [-0.15, -0.1) is 0 Å². The Kier molecular flexibility index (Phi) is 3.86. The quantitative estimate of drug-likeness (QED) is 0.892. The smallest absolute Gasteiger partial charge is 0.00713 e. The van der Waals surface area contributed by atoms with Gasteiger partial charge in [0.15, 0.2) is 0 Å². The highest BCUT2D eigenvalue weighted by molar-refractivity contribution is 5.28. The maximum atomic E-state index is 6.20. The van der Waals surface area contributed by atoms with Crippen molar-refractivity contribution >= 4 is 0 Å². The van der Waals surface area contributed by atoms with Crippen LogP contribution in [0.1, 0.15) is 17.0 Å². The summed E-state index contributed by atoms with van der Waals surface area (Å²) in [5.74, 6) is 0.494. The fourth-order valence-corrected chi connectivity index (χ4v) is 3.44. The van der Waals surface area contributed by atoms with E-state index in [-0.39, 0.29) is 5.41 Å². The van der Waals surface area contributed by atoms with Crippen LogP contribution in [0.4, 0.5) is 0 Å². The Morgan fingerprint density at radius 2 is 1.65 bits per heavy atom. The molecule has 2 atom stereocenters. The number of benzene rings is 2. The minimum Gasteiger partial charge on any atom is -0.330 e. The third kappa shape index (κ3) is 2.49. The van der Waals surface area contributed by atoms with Gasteiger partial charge in [0.1, 0.15) is 0 Å². The largest absolute Gasteiger partial charge is 0.330 e. The van der Waals surface area contributed by atoms with Crippen molar-refractivity contribution in [2.75, 3.05) is 19.6 Å². The molecule has 3 rings (SSSR count). The average molecular weight is 266 g/mol. The van der Waals surface area contributed by atoms with Crippen LogP contribution in [0.25, 0.3) is 0 Å². The molecule has 1 fully saturated rings. The first-order chi connectivity index (χ1) is 9.84. The second kappa shape index (κ2) is 5.78. The van der Waals surface area contributed by atoms with E-state index in [4.69, 9.17) is 5.73 Å².